The highest BCUT2D eigenvalue weighted by Crippen LogP contribution is 2.24. The Kier molecular flexibility index (Phi) is 4.91. The molecule has 1 atom stereocenters. The van der Waals surface area contributed by atoms with Gasteiger partial charge in [0.15, 0.2) is 0 Å². The first kappa shape index (κ1) is 17.3. The lowest BCUT2D eigenvalue weighted by Crippen LogP contribution is -2.20. The maximum atomic E-state index is 12.7. The second-order valence-electron chi connectivity index (χ2n) is 6.97. The molecular weight excluding hydrogens is 340 g/mol. The Morgan fingerprint density at radius 3 is 2.81 bits per heavy atom. The van der Waals surface area contributed by atoms with E-state index in [1.165, 1.54) is 30.4 Å². The summed E-state index contributed by atoms with van der Waals surface area (Å²) in [5, 5.41) is 17.0. The van der Waals surface area contributed by atoms with E-state index in [4.69, 9.17) is 0 Å². The first-order valence-corrected chi connectivity index (χ1v) is 9.33. The SMILES string of the molecule is CC(C(=O)Nc1cc2c(cn1)CCCCC2)c1cccc(-c2nn[nH]n2)c1. The number of anilines is 1. The van der Waals surface area contributed by atoms with Gasteiger partial charge in [-0.05, 0) is 66.6 Å². The lowest BCUT2D eigenvalue weighted by molar-refractivity contribution is -0.117. The Morgan fingerprint density at radius 2 is 2.00 bits per heavy atom. The normalized spacial score (nSPS) is 14.9. The largest absolute Gasteiger partial charge is 0.310 e. The van der Waals surface area contributed by atoms with E-state index >= 15 is 0 Å². The molecule has 2 N–H and O–H groups in total. The highest BCUT2D eigenvalue weighted by atomic mass is 16.1. The summed E-state index contributed by atoms with van der Waals surface area (Å²) in [5.74, 6) is 0.734. The third kappa shape index (κ3) is 3.86. The van der Waals surface area contributed by atoms with Crippen LogP contribution in [0.3, 0.4) is 0 Å². The molecule has 0 bridgehead atoms. The maximum absolute atomic E-state index is 12.7. The molecule has 3 aromatic rings. The van der Waals surface area contributed by atoms with Crippen molar-refractivity contribution in [2.75, 3.05) is 5.32 Å². The summed E-state index contributed by atoms with van der Waals surface area (Å²) < 4.78 is 0. The van der Waals surface area contributed by atoms with Crippen LogP contribution >= 0.6 is 0 Å². The lowest BCUT2D eigenvalue weighted by Gasteiger charge is -2.14. The zero-order valence-corrected chi connectivity index (χ0v) is 15.3. The van der Waals surface area contributed by atoms with E-state index in [2.05, 4.69) is 30.9 Å². The zero-order valence-electron chi connectivity index (χ0n) is 15.3. The van der Waals surface area contributed by atoms with Crippen LogP contribution in [0.4, 0.5) is 5.82 Å². The predicted molar refractivity (Wildman–Crippen MR) is 102 cm³/mol. The van der Waals surface area contributed by atoms with Crippen LogP contribution < -0.4 is 5.32 Å². The molecule has 27 heavy (non-hydrogen) atoms. The number of tetrazole rings is 1. The fourth-order valence-electron chi connectivity index (χ4n) is 3.48. The number of aromatic amines is 1. The molecule has 2 heterocycles. The third-order valence-corrected chi connectivity index (χ3v) is 5.11. The molecule has 0 aliphatic heterocycles. The minimum absolute atomic E-state index is 0.0821. The number of benzene rings is 1. The number of rotatable bonds is 4. The van der Waals surface area contributed by atoms with Gasteiger partial charge in [0, 0.05) is 11.8 Å². The van der Waals surface area contributed by atoms with Crippen molar-refractivity contribution < 1.29 is 4.79 Å². The van der Waals surface area contributed by atoms with E-state index in [0.717, 1.165) is 24.0 Å². The fraction of sp³-hybridized carbons (Fsp3) is 0.350. The molecule has 1 aliphatic carbocycles. The first-order valence-electron chi connectivity index (χ1n) is 9.33. The van der Waals surface area contributed by atoms with Crippen molar-refractivity contribution in [1.29, 1.82) is 0 Å². The summed E-state index contributed by atoms with van der Waals surface area (Å²) in [7, 11) is 0. The fourth-order valence-corrected chi connectivity index (χ4v) is 3.48. The van der Waals surface area contributed by atoms with Gasteiger partial charge in [0.25, 0.3) is 0 Å². The second-order valence-corrected chi connectivity index (χ2v) is 6.97. The van der Waals surface area contributed by atoms with Crippen molar-refractivity contribution in [3.05, 3.63) is 53.2 Å². The van der Waals surface area contributed by atoms with Crippen molar-refractivity contribution in [1.82, 2.24) is 25.6 Å². The van der Waals surface area contributed by atoms with Crippen molar-refractivity contribution in [3.8, 4) is 11.4 Å². The third-order valence-electron chi connectivity index (χ3n) is 5.11. The van der Waals surface area contributed by atoms with Crippen LogP contribution in [0, 0.1) is 0 Å². The molecule has 1 unspecified atom stereocenters. The molecule has 7 nitrogen and oxygen atoms in total. The van der Waals surface area contributed by atoms with Gasteiger partial charge in [-0.3, -0.25) is 4.79 Å². The van der Waals surface area contributed by atoms with E-state index < -0.39 is 0 Å². The van der Waals surface area contributed by atoms with Gasteiger partial charge in [-0.15, -0.1) is 10.2 Å². The van der Waals surface area contributed by atoms with Crippen molar-refractivity contribution in [3.63, 3.8) is 0 Å². The number of carbonyl (C=O) groups excluding carboxylic acids is 1. The number of aryl methyl sites for hydroxylation is 2. The van der Waals surface area contributed by atoms with Gasteiger partial charge in [-0.2, -0.15) is 5.21 Å². The van der Waals surface area contributed by atoms with Gasteiger partial charge < -0.3 is 5.32 Å². The summed E-state index contributed by atoms with van der Waals surface area (Å²) >= 11 is 0. The van der Waals surface area contributed by atoms with E-state index in [-0.39, 0.29) is 11.8 Å². The molecule has 1 aromatic carbocycles. The minimum atomic E-state index is -0.322. The van der Waals surface area contributed by atoms with Crippen molar-refractivity contribution >= 4 is 11.7 Å². The molecule has 0 radical (unpaired) electrons. The Hall–Kier alpha value is -3.09. The molecule has 0 spiro atoms. The number of hydrogen-bond acceptors (Lipinski definition) is 5. The zero-order chi connectivity index (χ0) is 18.6. The summed E-state index contributed by atoms with van der Waals surface area (Å²) in [4.78, 5) is 17.2. The van der Waals surface area contributed by atoms with Gasteiger partial charge in [0.2, 0.25) is 11.7 Å². The van der Waals surface area contributed by atoms with Gasteiger partial charge in [0.1, 0.15) is 5.82 Å². The molecule has 2 aromatic heterocycles. The van der Waals surface area contributed by atoms with E-state index in [1.54, 1.807) is 0 Å². The molecule has 4 rings (SSSR count). The summed E-state index contributed by atoms with van der Waals surface area (Å²) in [6.07, 6.45) is 7.72. The molecule has 1 aliphatic rings. The van der Waals surface area contributed by atoms with Crippen LogP contribution in [-0.2, 0) is 17.6 Å². The number of carbonyl (C=O) groups is 1. The van der Waals surface area contributed by atoms with Crippen LogP contribution in [0.5, 0.6) is 0 Å². The number of pyridine rings is 1. The summed E-state index contributed by atoms with van der Waals surface area (Å²) in [6, 6.07) is 9.66. The van der Waals surface area contributed by atoms with Gasteiger partial charge >= 0.3 is 0 Å². The highest BCUT2D eigenvalue weighted by Gasteiger charge is 2.18. The number of aromatic nitrogens is 5. The predicted octanol–water partition coefficient (Wildman–Crippen LogP) is 3.27. The Morgan fingerprint density at radius 1 is 1.15 bits per heavy atom. The van der Waals surface area contributed by atoms with Crippen molar-refractivity contribution in [2.24, 2.45) is 0 Å². The molecule has 138 valence electrons. The number of nitrogens with zero attached hydrogens (tertiary/aromatic N) is 4. The maximum Gasteiger partial charge on any atom is 0.232 e. The van der Waals surface area contributed by atoms with Crippen LogP contribution in [0.25, 0.3) is 11.4 Å². The molecule has 0 saturated heterocycles. The topological polar surface area (TPSA) is 96.5 Å². The Labute approximate surface area is 157 Å². The lowest BCUT2D eigenvalue weighted by atomic mass is 9.98. The number of amides is 1. The van der Waals surface area contributed by atoms with E-state index in [1.807, 2.05) is 43.5 Å². The summed E-state index contributed by atoms with van der Waals surface area (Å²) in [5.41, 5.74) is 4.34. The quantitative estimate of drug-likeness (QED) is 0.694. The molecule has 7 heteroatoms. The monoisotopic (exact) mass is 362 g/mol. The van der Waals surface area contributed by atoms with Gasteiger partial charge in [-0.25, -0.2) is 4.98 Å². The van der Waals surface area contributed by atoms with Crippen LogP contribution in [0.1, 0.15) is 48.8 Å². The summed E-state index contributed by atoms with van der Waals surface area (Å²) in [6.45, 7) is 1.88. The van der Waals surface area contributed by atoms with Crippen molar-refractivity contribution in [2.45, 2.75) is 44.9 Å². The highest BCUT2D eigenvalue weighted by molar-refractivity contribution is 5.95. The number of hydrogen-bond donors (Lipinski definition) is 2. The number of fused-ring (bicyclic) bond motifs is 1. The molecule has 0 saturated carbocycles. The van der Waals surface area contributed by atoms with Gasteiger partial charge in [0.05, 0.1) is 5.92 Å². The molecular formula is C20H22N6O. The minimum Gasteiger partial charge on any atom is -0.310 e. The Balaban J connectivity index is 1.50. The standard InChI is InChI=1S/C20H22N6O/c1-13(14-8-5-9-16(10-14)19-23-25-26-24-19)20(27)22-18-11-15-6-3-2-4-7-17(15)12-21-18/h5,8-13H,2-4,6-7H2,1H3,(H,21,22,27)(H,23,24,25,26). The van der Waals surface area contributed by atoms with Gasteiger partial charge in [-0.1, -0.05) is 24.6 Å². The average Bonchev–Trinajstić information content (AvgIpc) is 3.13. The van der Waals surface area contributed by atoms with Crippen LogP contribution in [0.15, 0.2) is 36.5 Å². The Bertz CT molecular complexity index is 937. The second kappa shape index (κ2) is 7.65. The van der Waals surface area contributed by atoms with Crippen LogP contribution in [-0.4, -0.2) is 31.5 Å². The van der Waals surface area contributed by atoms with E-state index in [9.17, 15) is 4.79 Å². The number of nitrogens with one attached hydrogen (secondary N) is 2. The number of H-pyrrole nitrogens is 1. The first-order chi connectivity index (χ1) is 13.2. The molecule has 0 fully saturated rings. The van der Waals surface area contributed by atoms with Crippen LogP contribution in [0.2, 0.25) is 0 Å². The average molecular weight is 362 g/mol. The molecule has 1 amide bonds. The smallest absolute Gasteiger partial charge is 0.232 e. The van der Waals surface area contributed by atoms with E-state index in [0.29, 0.717) is 11.6 Å².